The first-order chi connectivity index (χ1) is 7.70. The monoisotopic (exact) mass is 300 g/mol. The third-order valence-corrected chi connectivity index (χ3v) is 4.61. The van der Waals surface area contributed by atoms with Crippen molar-refractivity contribution in [2.75, 3.05) is 0 Å². The molecular formula is C11H10BrFN2S. The third-order valence-electron chi connectivity index (χ3n) is 2.14. The maximum Gasteiger partial charge on any atom is 0.147 e. The Balaban J connectivity index is 2.31. The number of rotatable bonds is 3. The predicted molar refractivity (Wildman–Crippen MR) is 67.3 cm³/mol. The predicted octanol–water partition coefficient (Wildman–Crippen LogP) is 4.19. The molecular weight excluding hydrogens is 291 g/mol. The standard InChI is InChI=1S/C11H10BrFN2S/c1-2-9(12)11-15-14-10(16-11)7-4-3-5-8(13)6-7/h3-6,9H,2H2,1H3. The summed E-state index contributed by atoms with van der Waals surface area (Å²) in [6, 6.07) is 6.41. The highest BCUT2D eigenvalue weighted by Crippen LogP contribution is 2.32. The van der Waals surface area contributed by atoms with Crippen LogP contribution in [0.3, 0.4) is 0 Å². The first-order valence-electron chi connectivity index (χ1n) is 4.94. The van der Waals surface area contributed by atoms with Crippen LogP contribution < -0.4 is 0 Å². The van der Waals surface area contributed by atoms with E-state index < -0.39 is 0 Å². The van der Waals surface area contributed by atoms with E-state index >= 15 is 0 Å². The number of halogens is 2. The molecule has 0 aliphatic carbocycles. The van der Waals surface area contributed by atoms with Crippen LogP contribution in [0.5, 0.6) is 0 Å². The Morgan fingerprint density at radius 2 is 2.25 bits per heavy atom. The fraction of sp³-hybridized carbons (Fsp3) is 0.273. The Morgan fingerprint density at radius 3 is 2.94 bits per heavy atom. The van der Waals surface area contributed by atoms with Crippen LogP contribution in [0, 0.1) is 5.82 Å². The van der Waals surface area contributed by atoms with Gasteiger partial charge in [0.15, 0.2) is 0 Å². The highest BCUT2D eigenvalue weighted by molar-refractivity contribution is 9.09. The van der Waals surface area contributed by atoms with Gasteiger partial charge in [-0.3, -0.25) is 0 Å². The van der Waals surface area contributed by atoms with Crippen molar-refractivity contribution in [1.29, 1.82) is 0 Å². The number of hydrogen-bond donors (Lipinski definition) is 0. The van der Waals surface area contributed by atoms with Crippen LogP contribution >= 0.6 is 27.3 Å². The van der Waals surface area contributed by atoms with Crippen LogP contribution in [0.15, 0.2) is 24.3 Å². The van der Waals surface area contributed by atoms with Gasteiger partial charge in [-0.25, -0.2) is 4.39 Å². The summed E-state index contributed by atoms with van der Waals surface area (Å²) in [4.78, 5) is 0.229. The fourth-order valence-corrected chi connectivity index (χ4v) is 2.55. The lowest BCUT2D eigenvalue weighted by Crippen LogP contribution is -1.84. The Bertz CT molecular complexity index is 486. The normalized spacial score (nSPS) is 12.7. The Morgan fingerprint density at radius 1 is 1.44 bits per heavy atom. The maximum atomic E-state index is 13.0. The first kappa shape index (κ1) is 11.7. The minimum Gasteiger partial charge on any atom is -0.207 e. The molecule has 1 aromatic carbocycles. The molecule has 0 fully saturated rings. The molecule has 2 nitrogen and oxygen atoms in total. The molecule has 0 amide bonds. The molecule has 0 saturated carbocycles. The lowest BCUT2D eigenvalue weighted by molar-refractivity contribution is 0.628. The van der Waals surface area contributed by atoms with Gasteiger partial charge in [-0.15, -0.1) is 10.2 Å². The summed E-state index contributed by atoms with van der Waals surface area (Å²) in [6.07, 6.45) is 0.956. The van der Waals surface area contributed by atoms with Gasteiger partial charge < -0.3 is 0 Å². The summed E-state index contributed by atoms with van der Waals surface area (Å²) in [5, 5.41) is 9.85. The lowest BCUT2D eigenvalue weighted by Gasteiger charge is -1.98. The Labute approximate surface area is 106 Å². The number of alkyl halides is 1. The number of aromatic nitrogens is 2. The second-order valence-corrected chi connectivity index (χ2v) is 5.45. The first-order valence-corrected chi connectivity index (χ1v) is 6.67. The minimum atomic E-state index is -0.250. The van der Waals surface area contributed by atoms with Crippen molar-refractivity contribution in [3.63, 3.8) is 0 Å². The summed E-state index contributed by atoms with van der Waals surface area (Å²) in [6.45, 7) is 2.07. The van der Waals surface area contributed by atoms with E-state index in [2.05, 4.69) is 33.1 Å². The van der Waals surface area contributed by atoms with Crippen LogP contribution in [0.1, 0.15) is 23.2 Å². The molecule has 2 rings (SSSR count). The molecule has 0 radical (unpaired) electrons. The quantitative estimate of drug-likeness (QED) is 0.794. The van der Waals surface area contributed by atoms with Crippen molar-refractivity contribution in [1.82, 2.24) is 10.2 Å². The van der Waals surface area contributed by atoms with Crippen LogP contribution in [-0.4, -0.2) is 10.2 Å². The second kappa shape index (κ2) is 5.01. The van der Waals surface area contributed by atoms with Gasteiger partial charge in [0.2, 0.25) is 0 Å². The molecule has 84 valence electrons. The number of benzene rings is 1. The molecule has 2 aromatic rings. The van der Waals surface area contributed by atoms with E-state index in [4.69, 9.17) is 0 Å². The van der Waals surface area contributed by atoms with Gasteiger partial charge in [0.25, 0.3) is 0 Å². The van der Waals surface area contributed by atoms with Gasteiger partial charge >= 0.3 is 0 Å². The van der Waals surface area contributed by atoms with Gasteiger partial charge in [0.05, 0.1) is 4.83 Å². The molecule has 16 heavy (non-hydrogen) atoms. The summed E-state index contributed by atoms with van der Waals surface area (Å²) >= 11 is 5.01. The van der Waals surface area contributed by atoms with E-state index in [-0.39, 0.29) is 10.6 Å². The fourth-order valence-electron chi connectivity index (χ4n) is 1.27. The van der Waals surface area contributed by atoms with Crippen molar-refractivity contribution in [2.45, 2.75) is 18.2 Å². The van der Waals surface area contributed by atoms with Gasteiger partial charge in [-0.1, -0.05) is 46.3 Å². The molecule has 0 spiro atoms. The zero-order chi connectivity index (χ0) is 11.5. The molecule has 1 atom stereocenters. The summed E-state index contributed by atoms with van der Waals surface area (Å²) in [5.74, 6) is -0.250. The topological polar surface area (TPSA) is 25.8 Å². The molecule has 0 saturated heterocycles. The molecule has 0 bridgehead atoms. The second-order valence-electron chi connectivity index (χ2n) is 3.33. The van der Waals surface area contributed by atoms with Crippen LogP contribution in [0.2, 0.25) is 0 Å². The third kappa shape index (κ3) is 2.47. The van der Waals surface area contributed by atoms with Crippen molar-refractivity contribution in [2.24, 2.45) is 0 Å². The SMILES string of the molecule is CCC(Br)c1nnc(-c2cccc(F)c2)s1. The van der Waals surface area contributed by atoms with Gasteiger partial charge in [0.1, 0.15) is 15.8 Å². The minimum absolute atomic E-state index is 0.229. The van der Waals surface area contributed by atoms with Crippen molar-refractivity contribution < 1.29 is 4.39 Å². The molecule has 0 N–H and O–H groups in total. The van der Waals surface area contributed by atoms with Gasteiger partial charge in [-0.2, -0.15) is 0 Å². The van der Waals surface area contributed by atoms with E-state index in [1.54, 1.807) is 6.07 Å². The highest BCUT2D eigenvalue weighted by atomic mass is 79.9. The zero-order valence-electron chi connectivity index (χ0n) is 8.65. The largest absolute Gasteiger partial charge is 0.207 e. The van der Waals surface area contributed by atoms with E-state index in [0.717, 1.165) is 22.0 Å². The number of hydrogen-bond acceptors (Lipinski definition) is 3. The molecule has 5 heteroatoms. The average Bonchev–Trinajstić information content (AvgIpc) is 2.77. The molecule has 1 unspecified atom stereocenters. The van der Waals surface area contributed by atoms with Crippen LogP contribution in [0.25, 0.3) is 10.6 Å². The van der Waals surface area contributed by atoms with Gasteiger partial charge in [-0.05, 0) is 18.6 Å². The van der Waals surface area contributed by atoms with Crippen molar-refractivity contribution in [3.05, 3.63) is 35.1 Å². The summed E-state index contributed by atoms with van der Waals surface area (Å²) in [7, 11) is 0. The van der Waals surface area contributed by atoms with Gasteiger partial charge in [0, 0.05) is 5.56 Å². The summed E-state index contributed by atoms with van der Waals surface area (Å²) in [5.41, 5.74) is 0.777. The lowest BCUT2D eigenvalue weighted by atomic mass is 10.2. The van der Waals surface area contributed by atoms with E-state index in [1.807, 2.05) is 6.07 Å². The maximum absolute atomic E-state index is 13.0. The smallest absolute Gasteiger partial charge is 0.147 e. The Hall–Kier alpha value is -0.810. The van der Waals surface area contributed by atoms with Crippen LogP contribution in [0.4, 0.5) is 4.39 Å². The van der Waals surface area contributed by atoms with Crippen molar-refractivity contribution in [3.8, 4) is 10.6 Å². The van der Waals surface area contributed by atoms with E-state index in [1.165, 1.54) is 23.5 Å². The van der Waals surface area contributed by atoms with E-state index in [0.29, 0.717) is 0 Å². The number of nitrogens with zero attached hydrogens (tertiary/aromatic N) is 2. The molecule has 1 heterocycles. The highest BCUT2D eigenvalue weighted by Gasteiger charge is 2.12. The molecule has 0 aliphatic heterocycles. The van der Waals surface area contributed by atoms with Crippen molar-refractivity contribution >= 4 is 27.3 Å². The Kier molecular flexibility index (Phi) is 3.66. The molecule has 0 aliphatic rings. The summed E-state index contributed by atoms with van der Waals surface area (Å²) < 4.78 is 13.0. The van der Waals surface area contributed by atoms with Crippen LogP contribution in [-0.2, 0) is 0 Å². The average molecular weight is 301 g/mol. The van der Waals surface area contributed by atoms with E-state index in [9.17, 15) is 4.39 Å². The zero-order valence-corrected chi connectivity index (χ0v) is 11.1. The molecule has 1 aromatic heterocycles.